The predicted octanol–water partition coefficient (Wildman–Crippen LogP) is 4.96. The first-order valence-corrected chi connectivity index (χ1v) is 14.4. The molecule has 1 aliphatic rings. The molecule has 1 N–H and O–H groups in total. The summed E-state index contributed by atoms with van der Waals surface area (Å²) in [6.45, 7) is 0.238. The maximum Gasteiger partial charge on any atom is 0.342 e. The molecule has 210 valence electrons. The van der Waals surface area contributed by atoms with E-state index in [1.54, 1.807) is 12.1 Å². The van der Waals surface area contributed by atoms with Gasteiger partial charge in [0.25, 0.3) is 5.91 Å². The number of sulfonamides is 1. The Bertz CT molecular complexity index is 1670. The topological polar surface area (TPSA) is 124 Å². The maximum absolute atomic E-state index is 13.2. The zero-order chi connectivity index (χ0) is 28.3. The molecule has 4 aromatic rings. The predicted molar refractivity (Wildman–Crippen MR) is 149 cm³/mol. The number of hydrogen-bond acceptors (Lipinski definition) is 8. The third kappa shape index (κ3) is 5.47. The molecule has 1 aliphatic heterocycles. The Balaban J connectivity index is 1.31. The SMILES string of the molecule is COc1cc2c(cc1NC(=O)COC(=O)c1cc(S(=O)(=O)N3CCCCCC3)ccc1OC)oc1ccccc12. The first-order valence-electron chi connectivity index (χ1n) is 13.0. The van der Waals surface area contributed by atoms with Crippen LogP contribution in [0.25, 0.3) is 21.9 Å². The molecule has 0 saturated carbocycles. The minimum Gasteiger partial charge on any atom is -0.496 e. The molecular formula is C29H30N2O8S. The summed E-state index contributed by atoms with van der Waals surface area (Å²) in [6.07, 6.45) is 3.53. The Hall–Kier alpha value is -4.09. The molecule has 0 radical (unpaired) electrons. The number of carbonyl (C=O) groups is 2. The van der Waals surface area contributed by atoms with E-state index in [-0.39, 0.29) is 16.2 Å². The molecule has 1 aromatic heterocycles. The van der Waals surface area contributed by atoms with Crippen molar-refractivity contribution in [1.82, 2.24) is 4.31 Å². The van der Waals surface area contributed by atoms with Crippen molar-refractivity contribution < 1.29 is 36.6 Å². The van der Waals surface area contributed by atoms with E-state index in [0.717, 1.165) is 36.5 Å². The number of benzene rings is 3. The van der Waals surface area contributed by atoms with Crippen molar-refractivity contribution in [2.75, 3.05) is 39.2 Å². The Morgan fingerprint density at radius 2 is 1.60 bits per heavy atom. The average Bonchev–Trinajstić information content (AvgIpc) is 3.11. The molecule has 3 aromatic carbocycles. The van der Waals surface area contributed by atoms with Crippen LogP contribution in [0.3, 0.4) is 0 Å². The molecular weight excluding hydrogens is 536 g/mol. The number of hydrogen-bond donors (Lipinski definition) is 1. The number of anilines is 1. The van der Waals surface area contributed by atoms with E-state index in [0.29, 0.717) is 35.7 Å². The smallest absolute Gasteiger partial charge is 0.342 e. The summed E-state index contributed by atoms with van der Waals surface area (Å²) in [7, 11) is -0.958. The summed E-state index contributed by atoms with van der Waals surface area (Å²) >= 11 is 0. The molecule has 0 unspecified atom stereocenters. The number of fused-ring (bicyclic) bond motifs is 3. The number of amides is 1. The van der Waals surface area contributed by atoms with Crippen LogP contribution in [0.2, 0.25) is 0 Å². The molecule has 2 heterocycles. The fourth-order valence-corrected chi connectivity index (χ4v) is 6.40. The lowest BCUT2D eigenvalue weighted by molar-refractivity contribution is -0.119. The fraction of sp³-hybridized carbons (Fsp3) is 0.310. The molecule has 0 atom stereocenters. The molecule has 40 heavy (non-hydrogen) atoms. The molecule has 10 nitrogen and oxygen atoms in total. The van der Waals surface area contributed by atoms with Gasteiger partial charge in [0.2, 0.25) is 10.0 Å². The summed E-state index contributed by atoms with van der Waals surface area (Å²) in [5, 5.41) is 4.43. The van der Waals surface area contributed by atoms with Gasteiger partial charge in [0.15, 0.2) is 6.61 Å². The van der Waals surface area contributed by atoms with Crippen LogP contribution in [0.1, 0.15) is 36.0 Å². The first kappa shape index (κ1) is 27.5. The number of furan rings is 1. The van der Waals surface area contributed by atoms with Crippen molar-refractivity contribution in [3.8, 4) is 11.5 Å². The second-order valence-electron chi connectivity index (χ2n) is 9.45. The van der Waals surface area contributed by atoms with Gasteiger partial charge in [0.1, 0.15) is 28.2 Å². The van der Waals surface area contributed by atoms with Gasteiger partial charge < -0.3 is 23.9 Å². The highest BCUT2D eigenvalue weighted by atomic mass is 32.2. The zero-order valence-electron chi connectivity index (χ0n) is 22.3. The lowest BCUT2D eigenvalue weighted by Crippen LogP contribution is -2.32. The van der Waals surface area contributed by atoms with Crippen LogP contribution in [0.4, 0.5) is 5.69 Å². The highest BCUT2D eigenvalue weighted by Crippen LogP contribution is 2.36. The molecule has 11 heteroatoms. The van der Waals surface area contributed by atoms with Crippen molar-refractivity contribution >= 4 is 49.5 Å². The molecule has 0 aliphatic carbocycles. The van der Waals surface area contributed by atoms with Gasteiger partial charge in [-0.3, -0.25) is 4.79 Å². The minimum atomic E-state index is -3.81. The van der Waals surface area contributed by atoms with Crippen LogP contribution in [0.5, 0.6) is 11.5 Å². The summed E-state index contributed by atoms with van der Waals surface area (Å²) in [5.74, 6) is -0.960. The lowest BCUT2D eigenvalue weighted by atomic mass is 10.1. The second-order valence-corrected chi connectivity index (χ2v) is 11.4. The summed E-state index contributed by atoms with van der Waals surface area (Å²) in [4.78, 5) is 25.7. The quantitative estimate of drug-likeness (QED) is 0.297. The number of carbonyl (C=O) groups excluding carboxylic acids is 2. The number of rotatable bonds is 8. The second kappa shape index (κ2) is 11.6. The first-order chi connectivity index (χ1) is 19.3. The highest BCUT2D eigenvalue weighted by molar-refractivity contribution is 7.89. The van der Waals surface area contributed by atoms with Crippen LogP contribution in [0.15, 0.2) is 63.9 Å². The van der Waals surface area contributed by atoms with Gasteiger partial charge in [0.05, 0.1) is 24.8 Å². The van der Waals surface area contributed by atoms with Gasteiger partial charge in [-0.25, -0.2) is 13.2 Å². The van der Waals surface area contributed by atoms with Crippen molar-refractivity contribution in [2.24, 2.45) is 0 Å². The van der Waals surface area contributed by atoms with Gasteiger partial charge >= 0.3 is 5.97 Å². The molecule has 0 bridgehead atoms. The fourth-order valence-electron chi connectivity index (χ4n) is 4.85. The van der Waals surface area contributed by atoms with Gasteiger partial charge in [-0.1, -0.05) is 31.0 Å². The number of methoxy groups -OCH3 is 2. The van der Waals surface area contributed by atoms with E-state index < -0.39 is 28.5 Å². The number of nitrogens with one attached hydrogen (secondary N) is 1. The van der Waals surface area contributed by atoms with Crippen LogP contribution in [-0.4, -0.2) is 58.5 Å². The van der Waals surface area contributed by atoms with Crippen LogP contribution in [-0.2, 0) is 19.6 Å². The lowest BCUT2D eigenvalue weighted by Gasteiger charge is -2.20. The van der Waals surface area contributed by atoms with Crippen molar-refractivity contribution in [1.29, 1.82) is 0 Å². The molecule has 0 spiro atoms. The monoisotopic (exact) mass is 566 g/mol. The highest BCUT2D eigenvalue weighted by Gasteiger charge is 2.28. The van der Waals surface area contributed by atoms with Crippen LogP contribution < -0.4 is 14.8 Å². The Labute approximate surface area is 231 Å². The summed E-state index contributed by atoms with van der Waals surface area (Å²) in [6, 6.07) is 15.0. The van der Waals surface area contributed by atoms with Gasteiger partial charge in [0, 0.05) is 29.9 Å². The minimum absolute atomic E-state index is 0.0320. The summed E-state index contributed by atoms with van der Waals surface area (Å²) < 4.78 is 49.8. The van der Waals surface area contributed by atoms with E-state index >= 15 is 0 Å². The number of esters is 1. The average molecular weight is 567 g/mol. The molecule has 1 amide bonds. The summed E-state index contributed by atoms with van der Waals surface area (Å²) in [5.41, 5.74) is 1.51. The molecule has 5 rings (SSSR count). The van der Waals surface area contributed by atoms with Gasteiger partial charge in [-0.2, -0.15) is 4.31 Å². The third-order valence-electron chi connectivity index (χ3n) is 6.90. The zero-order valence-corrected chi connectivity index (χ0v) is 23.1. The van der Waals surface area contributed by atoms with E-state index in [1.807, 2.05) is 24.3 Å². The maximum atomic E-state index is 13.2. The van der Waals surface area contributed by atoms with Crippen molar-refractivity contribution in [3.05, 3.63) is 60.2 Å². The number of para-hydroxylation sites is 1. The van der Waals surface area contributed by atoms with Crippen LogP contribution in [0, 0.1) is 0 Å². The largest absolute Gasteiger partial charge is 0.496 e. The van der Waals surface area contributed by atoms with E-state index in [4.69, 9.17) is 18.6 Å². The normalized spacial score (nSPS) is 14.6. The van der Waals surface area contributed by atoms with Gasteiger partial charge in [-0.15, -0.1) is 0 Å². The van der Waals surface area contributed by atoms with Crippen molar-refractivity contribution in [2.45, 2.75) is 30.6 Å². The number of nitrogens with zero attached hydrogens (tertiary/aromatic N) is 1. The Morgan fingerprint density at radius 1 is 0.875 bits per heavy atom. The number of ether oxygens (including phenoxy) is 3. The standard InChI is InChI=1S/C29H30N2O8S/c1-36-24-12-11-19(40(34,35)31-13-7-3-4-8-14-31)15-22(24)29(33)38-18-28(32)30-23-17-26-21(16-27(23)37-2)20-9-5-6-10-25(20)39-26/h5-6,9-12,15-17H,3-4,7-8,13-14,18H2,1-2H3,(H,30,32). The van der Waals surface area contributed by atoms with Crippen LogP contribution >= 0.6 is 0 Å². The van der Waals surface area contributed by atoms with Gasteiger partial charge in [-0.05, 0) is 43.2 Å². The molecule has 1 fully saturated rings. The van der Waals surface area contributed by atoms with E-state index in [1.165, 1.54) is 36.7 Å². The van der Waals surface area contributed by atoms with E-state index in [9.17, 15) is 18.0 Å². The molecule has 1 saturated heterocycles. The van der Waals surface area contributed by atoms with E-state index in [2.05, 4.69) is 5.32 Å². The Kier molecular flexibility index (Phi) is 7.95. The Morgan fingerprint density at radius 3 is 2.33 bits per heavy atom. The van der Waals surface area contributed by atoms with Crippen molar-refractivity contribution in [3.63, 3.8) is 0 Å². The third-order valence-corrected chi connectivity index (χ3v) is 8.80.